The molecule has 1 atom stereocenters. The first-order valence-corrected chi connectivity index (χ1v) is 6.95. The average molecular weight is 305 g/mol. The van der Waals surface area contributed by atoms with Gasteiger partial charge in [-0.2, -0.15) is 0 Å². The van der Waals surface area contributed by atoms with Crippen LogP contribution in [0.15, 0.2) is 0 Å². The van der Waals surface area contributed by atoms with Crippen LogP contribution in [0.25, 0.3) is 0 Å². The number of nitrogens with one attached hydrogen (secondary N) is 3. The summed E-state index contributed by atoms with van der Waals surface area (Å²) in [5, 5.41) is 15.9. The topological polar surface area (TPSA) is 125 Å². The molecule has 4 N–H and O–H groups in total. The van der Waals surface area contributed by atoms with Gasteiger partial charge in [-0.3, -0.25) is 19.2 Å². The minimum Gasteiger partial charge on any atom is -0.383 e. The predicted molar refractivity (Wildman–Crippen MR) is 73.8 cm³/mol. The van der Waals surface area contributed by atoms with Crippen molar-refractivity contribution in [2.75, 3.05) is 25.4 Å². The largest absolute Gasteiger partial charge is 0.383 e. The second kappa shape index (κ2) is 10.2. The number of rotatable bonds is 9. The lowest BCUT2D eigenvalue weighted by Gasteiger charge is -2.07. The zero-order valence-corrected chi connectivity index (χ0v) is 12.2. The molecule has 0 radical (unpaired) electrons. The van der Waals surface area contributed by atoms with Crippen LogP contribution in [0.1, 0.15) is 13.8 Å². The molecule has 0 aromatic rings. The quantitative estimate of drug-likeness (QED) is 0.365. The Balaban J connectivity index is 3.70. The minimum atomic E-state index is -0.653. The minimum absolute atomic E-state index is 0.0457. The molecule has 9 heteroatoms. The molecule has 0 spiro atoms. The number of ketones is 1. The Morgan fingerprint density at radius 2 is 1.40 bits per heavy atom. The molecule has 20 heavy (non-hydrogen) atoms. The molecular weight excluding hydrogens is 286 g/mol. The molecule has 0 aliphatic rings. The van der Waals surface area contributed by atoms with Gasteiger partial charge in [0, 0.05) is 0 Å². The number of aliphatic hydroxyl groups is 1. The van der Waals surface area contributed by atoms with Crippen molar-refractivity contribution in [3.63, 3.8) is 0 Å². The van der Waals surface area contributed by atoms with E-state index < -0.39 is 17.3 Å². The first kappa shape index (κ1) is 18.4. The fourth-order valence-corrected chi connectivity index (χ4v) is 1.45. The average Bonchev–Trinajstić information content (AvgIpc) is 2.37. The number of amides is 3. The van der Waals surface area contributed by atoms with E-state index in [2.05, 4.69) is 16.0 Å². The molecule has 0 aliphatic heterocycles. The van der Waals surface area contributed by atoms with E-state index in [4.69, 9.17) is 5.11 Å². The summed E-state index contributed by atoms with van der Waals surface area (Å²) >= 11 is 1.03. The van der Waals surface area contributed by atoms with E-state index in [1.54, 1.807) is 0 Å². The van der Waals surface area contributed by atoms with Crippen LogP contribution in [-0.4, -0.2) is 59.4 Å². The molecule has 0 aromatic heterocycles. The first-order chi connectivity index (χ1) is 9.31. The SMILES string of the molecule is CC(=O)CNC(=O)CNC(=O)CNC(=O)CSC(C)O. The van der Waals surface area contributed by atoms with Crippen LogP contribution in [-0.2, 0) is 19.2 Å². The second-order valence-corrected chi connectivity index (χ2v) is 5.25. The van der Waals surface area contributed by atoms with E-state index in [1.165, 1.54) is 13.8 Å². The van der Waals surface area contributed by atoms with Crippen LogP contribution < -0.4 is 16.0 Å². The molecule has 0 saturated heterocycles. The molecule has 0 saturated carbocycles. The number of hydrogen-bond acceptors (Lipinski definition) is 6. The lowest BCUT2D eigenvalue weighted by molar-refractivity contribution is -0.127. The number of carbonyl (C=O) groups excluding carboxylic acids is 4. The molecule has 3 amide bonds. The van der Waals surface area contributed by atoms with Gasteiger partial charge in [-0.15, -0.1) is 11.8 Å². The number of thioether (sulfide) groups is 1. The Labute approximate surface area is 121 Å². The zero-order valence-electron chi connectivity index (χ0n) is 11.4. The van der Waals surface area contributed by atoms with Gasteiger partial charge in [0.25, 0.3) is 0 Å². The Bertz CT molecular complexity index is 373. The normalized spacial score (nSPS) is 11.3. The third-order valence-electron chi connectivity index (χ3n) is 1.88. The fraction of sp³-hybridized carbons (Fsp3) is 0.636. The van der Waals surface area contributed by atoms with Gasteiger partial charge < -0.3 is 21.1 Å². The number of carbonyl (C=O) groups is 4. The molecule has 0 rings (SSSR count). The molecule has 0 fully saturated rings. The number of aliphatic hydroxyl groups excluding tert-OH is 1. The zero-order chi connectivity index (χ0) is 15.5. The maximum atomic E-state index is 11.3. The van der Waals surface area contributed by atoms with Crippen LogP contribution in [0.5, 0.6) is 0 Å². The van der Waals surface area contributed by atoms with Crippen molar-refractivity contribution in [1.29, 1.82) is 0 Å². The standard InChI is InChI=1S/C11H19N3O5S/c1-7(15)3-12-9(17)4-13-10(18)5-14-11(19)6-20-8(2)16/h8,16H,3-6H2,1-2H3,(H,12,17)(H,13,18)(H,14,19). The summed E-state index contributed by atoms with van der Waals surface area (Å²) in [6.07, 6.45) is 0. The fourth-order valence-electron chi connectivity index (χ4n) is 0.953. The van der Waals surface area contributed by atoms with Gasteiger partial charge in [-0.25, -0.2) is 0 Å². The van der Waals surface area contributed by atoms with E-state index in [0.29, 0.717) is 0 Å². The summed E-state index contributed by atoms with van der Waals surface area (Å²) in [6, 6.07) is 0. The maximum absolute atomic E-state index is 11.3. The van der Waals surface area contributed by atoms with E-state index in [1.807, 2.05) is 0 Å². The van der Waals surface area contributed by atoms with Crippen molar-refractivity contribution in [2.24, 2.45) is 0 Å². The van der Waals surface area contributed by atoms with Crippen LogP contribution in [0, 0.1) is 0 Å². The summed E-state index contributed by atoms with van der Waals surface area (Å²) in [6.45, 7) is 2.27. The highest BCUT2D eigenvalue weighted by Crippen LogP contribution is 2.04. The van der Waals surface area contributed by atoms with Gasteiger partial charge in [-0.05, 0) is 13.8 Å². The van der Waals surface area contributed by atoms with E-state index >= 15 is 0 Å². The van der Waals surface area contributed by atoms with E-state index in [9.17, 15) is 19.2 Å². The van der Waals surface area contributed by atoms with Crippen molar-refractivity contribution in [3.05, 3.63) is 0 Å². The summed E-state index contributed by atoms with van der Waals surface area (Å²) in [5.41, 5.74) is -0.653. The Kier molecular flexibility index (Phi) is 9.39. The monoisotopic (exact) mass is 305 g/mol. The molecule has 114 valence electrons. The highest BCUT2D eigenvalue weighted by atomic mass is 32.2. The number of hydrogen-bond donors (Lipinski definition) is 4. The summed E-state index contributed by atoms with van der Waals surface area (Å²) < 4.78 is 0. The second-order valence-electron chi connectivity index (χ2n) is 3.94. The van der Waals surface area contributed by atoms with Gasteiger partial charge in [0.05, 0.1) is 30.8 Å². The van der Waals surface area contributed by atoms with E-state index in [-0.39, 0.29) is 37.1 Å². The maximum Gasteiger partial charge on any atom is 0.239 e. The van der Waals surface area contributed by atoms with Gasteiger partial charge >= 0.3 is 0 Å². The molecule has 0 bridgehead atoms. The van der Waals surface area contributed by atoms with Gasteiger partial charge in [0.15, 0.2) is 0 Å². The van der Waals surface area contributed by atoms with Crippen LogP contribution in [0.4, 0.5) is 0 Å². The Morgan fingerprint density at radius 1 is 0.950 bits per heavy atom. The number of Topliss-reactive ketones (excluding diaryl/α,β-unsaturated/α-hetero) is 1. The predicted octanol–water partition coefficient (Wildman–Crippen LogP) is -2.00. The summed E-state index contributed by atoms with van der Waals surface area (Å²) in [5.74, 6) is -1.52. The third kappa shape index (κ3) is 11.5. The lowest BCUT2D eigenvalue weighted by Crippen LogP contribution is -2.43. The Morgan fingerprint density at radius 3 is 1.85 bits per heavy atom. The van der Waals surface area contributed by atoms with Crippen molar-refractivity contribution in [1.82, 2.24) is 16.0 Å². The molecule has 8 nitrogen and oxygen atoms in total. The van der Waals surface area contributed by atoms with Crippen LogP contribution in [0.2, 0.25) is 0 Å². The van der Waals surface area contributed by atoms with Gasteiger partial charge in [0.2, 0.25) is 17.7 Å². The molecule has 0 aromatic carbocycles. The lowest BCUT2D eigenvalue weighted by atomic mass is 10.4. The summed E-state index contributed by atoms with van der Waals surface area (Å²) in [4.78, 5) is 44.3. The molecule has 1 unspecified atom stereocenters. The summed E-state index contributed by atoms with van der Waals surface area (Å²) in [7, 11) is 0. The Hall–Kier alpha value is -1.61. The van der Waals surface area contributed by atoms with Crippen molar-refractivity contribution in [2.45, 2.75) is 19.3 Å². The van der Waals surface area contributed by atoms with Crippen molar-refractivity contribution in [3.8, 4) is 0 Å². The molecule has 0 heterocycles. The first-order valence-electron chi connectivity index (χ1n) is 5.90. The van der Waals surface area contributed by atoms with Gasteiger partial charge in [0.1, 0.15) is 5.78 Å². The molecular formula is C11H19N3O5S. The molecule has 0 aliphatic carbocycles. The van der Waals surface area contributed by atoms with Crippen LogP contribution >= 0.6 is 11.8 Å². The van der Waals surface area contributed by atoms with E-state index in [0.717, 1.165) is 11.8 Å². The van der Waals surface area contributed by atoms with Crippen molar-refractivity contribution < 1.29 is 24.3 Å². The third-order valence-corrected chi connectivity index (χ3v) is 2.79. The van der Waals surface area contributed by atoms with Crippen LogP contribution in [0.3, 0.4) is 0 Å². The van der Waals surface area contributed by atoms with Crippen molar-refractivity contribution >= 4 is 35.3 Å². The highest BCUT2D eigenvalue weighted by molar-refractivity contribution is 8.00. The van der Waals surface area contributed by atoms with Gasteiger partial charge in [-0.1, -0.05) is 0 Å². The highest BCUT2D eigenvalue weighted by Gasteiger charge is 2.08. The smallest absolute Gasteiger partial charge is 0.239 e.